The lowest BCUT2D eigenvalue weighted by molar-refractivity contribution is 0.129. The molecule has 0 saturated carbocycles. The van der Waals surface area contributed by atoms with Gasteiger partial charge in [0, 0.05) is 19.8 Å². The fourth-order valence-corrected chi connectivity index (χ4v) is 1.45. The molecule has 2 N–H and O–H groups in total. The normalized spacial score (nSPS) is 10.2. The summed E-state index contributed by atoms with van der Waals surface area (Å²) in [7, 11) is 0. The van der Waals surface area contributed by atoms with E-state index < -0.39 is 11.8 Å². The summed E-state index contributed by atoms with van der Waals surface area (Å²) in [6.45, 7) is 4.00. The van der Waals surface area contributed by atoms with E-state index in [2.05, 4.69) is 17.6 Å². The molecule has 0 fully saturated rings. The maximum absolute atomic E-state index is 13.2. The lowest BCUT2D eigenvalue weighted by Gasteiger charge is -2.08. The molecule has 0 radical (unpaired) electrons. The summed E-state index contributed by atoms with van der Waals surface area (Å²) in [6.07, 6.45) is 2.92. The molecule has 0 aliphatic rings. The molecule has 0 heterocycles. The maximum atomic E-state index is 13.2. The minimum absolute atomic E-state index is 0.180. The Balaban J connectivity index is 2.10. The summed E-state index contributed by atoms with van der Waals surface area (Å²) in [5.41, 5.74) is 0.180. The molecule has 0 bridgehead atoms. The Kier molecular flexibility index (Phi) is 7.58. The highest BCUT2D eigenvalue weighted by atomic mass is 19.1. The number of hydrogen-bond donors (Lipinski definition) is 2. The third-order valence-electron chi connectivity index (χ3n) is 2.52. The summed E-state index contributed by atoms with van der Waals surface area (Å²) in [5, 5.41) is 5.11. The van der Waals surface area contributed by atoms with Crippen molar-refractivity contribution in [3.63, 3.8) is 0 Å². The molecular formula is C14H21FN2O2. The molecule has 0 unspecified atom stereocenters. The van der Waals surface area contributed by atoms with Crippen molar-refractivity contribution in [2.24, 2.45) is 0 Å². The lowest BCUT2D eigenvalue weighted by Crippen LogP contribution is -2.30. The predicted molar refractivity (Wildman–Crippen MR) is 73.8 cm³/mol. The number of carbonyl (C=O) groups excluding carboxylic acids is 1. The summed E-state index contributed by atoms with van der Waals surface area (Å²) in [6, 6.07) is 5.66. The van der Waals surface area contributed by atoms with Crippen LogP contribution in [-0.2, 0) is 4.74 Å². The van der Waals surface area contributed by atoms with Crippen molar-refractivity contribution in [3.05, 3.63) is 30.1 Å². The molecule has 0 aliphatic heterocycles. The standard InChI is InChI=1S/C14H21FN2O2/c1-2-3-10-19-11-6-9-16-14(18)17-13-8-5-4-7-12(13)15/h4-5,7-8H,2-3,6,9-11H2,1H3,(H2,16,17,18). The van der Waals surface area contributed by atoms with Crippen molar-refractivity contribution in [2.45, 2.75) is 26.2 Å². The SMILES string of the molecule is CCCCOCCCNC(=O)Nc1ccccc1F. The van der Waals surface area contributed by atoms with Gasteiger partial charge in [-0.3, -0.25) is 0 Å². The largest absolute Gasteiger partial charge is 0.381 e. The fraction of sp³-hybridized carbons (Fsp3) is 0.500. The maximum Gasteiger partial charge on any atom is 0.319 e. The molecule has 5 heteroatoms. The van der Waals surface area contributed by atoms with Gasteiger partial charge >= 0.3 is 6.03 Å². The fourth-order valence-electron chi connectivity index (χ4n) is 1.45. The highest BCUT2D eigenvalue weighted by Crippen LogP contribution is 2.11. The van der Waals surface area contributed by atoms with Gasteiger partial charge in [-0.05, 0) is 25.0 Å². The number of anilines is 1. The molecule has 0 aromatic heterocycles. The second kappa shape index (κ2) is 9.33. The van der Waals surface area contributed by atoms with Crippen molar-refractivity contribution >= 4 is 11.7 Å². The smallest absolute Gasteiger partial charge is 0.319 e. The monoisotopic (exact) mass is 268 g/mol. The van der Waals surface area contributed by atoms with E-state index in [1.165, 1.54) is 12.1 Å². The Hall–Kier alpha value is -1.62. The third-order valence-corrected chi connectivity index (χ3v) is 2.52. The van der Waals surface area contributed by atoms with Crippen LogP contribution in [0.1, 0.15) is 26.2 Å². The highest BCUT2D eigenvalue weighted by molar-refractivity contribution is 5.89. The van der Waals surface area contributed by atoms with Gasteiger partial charge < -0.3 is 15.4 Å². The minimum Gasteiger partial charge on any atom is -0.381 e. The van der Waals surface area contributed by atoms with Gasteiger partial charge in [0.15, 0.2) is 0 Å². The van der Waals surface area contributed by atoms with E-state index in [4.69, 9.17) is 4.74 Å². The highest BCUT2D eigenvalue weighted by Gasteiger charge is 2.04. The zero-order valence-corrected chi connectivity index (χ0v) is 11.2. The number of urea groups is 1. The molecule has 0 saturated heterocycles. The first-order chi connectivity index (χ1) is 9.24. The first kappa shape index (κ1) is 15.4. The van der Waals surface area contributed by atoms with Gasteiger partial charge in [-0.25, -0.2) is 9.18 Å². The Morgan fingerprint density at radius 1 is 1.26 bits per heavy atom. The van der Waals surface area contributed by atoms with E-state index >= 15 is 0 Å². The van der Waals surface area contributed by atoms with Gasteiger partial charge in [-0.15, -0.1) is 0 Å². The van der Waals surface area contributed by atoms with Gasteiger partial charge in [0.2, 0.25) is 0 Å². The van der Waals surface area contributed by atoms with Crippen LogP contribution in [0.3, 0.4) is 0 Å². The van der Waals surface area contributed by atoms with E-state index in [0.717, 1.165) is 25.9 Å². The lowest BCUT2D eigenvalue weighted by atomic mass is 10.3. The number of para-hydroxylation sites is 1. The van der Waals surface area contributed by atoms with E-state index in [0.29, 0.717) is 13.2 Å². The van der Waals surface area contributed by atoms with Crippen molar-refractivity contribution in [1.82, 2.24) is 5.32 Å². The first-order valence-corrected chi connectivity index (χ1v) is 6.61. The van der Waals surface area contributed by atoms with Crippen molar-refractivity contribution in [2.75, 3.05) is 25.1 Å². The number of unbranched alkanes of at least 4 members (excludes halogenated alkanes) is 1. The number of nitrogens with one attached hydrogen (secondary N) is 2. The molecule has 4 nitrogen and oxygen atoms in total. The molecular weight excluding hydrogens is 247 g/mol. The first-order valence-electron chi connectivity index (χ1n) is 6.61. The van der Waals surface area contributed by atoms with Crippen molar-refractivity contribution in [1.29, 1.82) is 0 Å². The van der Waals surface area contributed by atoms with Crippen LogP contribution in [0.15, 0.2) is 24.3 Å². The Bertz CT molecular complexity index is 385. The van der Waals surface area contributed by atoms with Crippen LogP contribution in [0.4, 0.5) is 14.9 Å². The van der Waals surface area contributed by atoms with E-state index in [9.17, 15) is 9.18 Å². The minimum atomic E-state index is -0.444. The average molecular weight is 268 g/mol. The molecule has 1 aromatic carbocycles. The Labute approximate surface area is 113 Å². The zero-order valence-electron chi connectivity index (χ0n) is 11.2. The number of ether oxygens (including phenoxy) is 1. The Morgan fingerprint density at radius 2 is 2.00 bits per heavy atom. The van der Waals surface area contributed by atoms with Crippen LogP contribution in [0.2, 0.25) is 0 Å². The molecule has 2 amide bonds. The van der Waals surface area contributed by atoms with Crippen LogP contribution >= 0.6 is 0 Å². The molecule has 19 heavy (non-hydrogen) atoms. The van der Waals surface area contributed by atoms with Crippen molar-refractivity contribution in [3.8, 4) is 0 Å². The van der Waals surface area contributed by atoms with E-state index in [1.54, 1.807) is 12.1 Å². The summed E-state index contributed by atoms with van der Waals surface area (Å²) in [5.74, 6) is -0.444. The zero-order chi connectivity index (χ0) is 13.9. The molecule has 1 rings (SSSR count). The van der Waals surface area contributed by atoms with Crippen LogP contribution in [0, 0.1) is 5.82 Å². The van der Waals surface area contributed by atoms with Crippen LogP contribution in [0.5, 0.6) is 0 Å². The molecule has 106 valence electrons. The van der Waals surface area contributed by atoms with E-state index in [1.807, 2.05) is 0 Å². The Morgan fingerprint density at radius 3 is 2.74 bits per heavy atom. The summed E-state index contributed by atoms with van der Waals surface area (Å²) >= 11 is 0. The topological polar surface area (TPSA) is 50.4 Å². The second-order valence-corrected chi connectivity index (χ2v) is 4.18. The molecule has 1 aromatic rings. The summed E-state index contributed by atoms with van der Waals surface area (Å²) in [4.78, 5) is 11.5. The van der Waals surface area contributed by atoms with Gasteiger partial charge in [-0.2, -0.15) is 0 Å². The molecule has 0 aliphatic carbocycles. The third kappa shape index (κ3) is 6.76. The quantitative estimate of drug-likeness (QED) is 0.712. The van der Waals surface area contributed by atoms with Crippen molar-refractivity contribution < 1.29 is 13.9 Å². The number of amides is 2. The van der Waals surface area contributed by atoms with Crippen LogP contribution < -0.4 is 10.6 Å². The average Bonchev–Trinajstić information content (AvgIpc) is 2.40. The van der Waals surface area contributed by atoms with Gasteiger partial charge in [0.25, 0.3) is 0 Å². The van der Waals surface area contributed by atoms with Gasteiger partial charge in [-0.1, -0.05) is 25.5 Å². The number of benzene rings is 1. The predicted octanol–water partition coefficient (Wildman–Crippen LogP) is 3.15. The second-order valence-electron chi connectivity index (χ2n) is 4.18. The molecule has 0 spiro atoms. The number of hydrogen-bond acceptors (Lipinski definition) is 2. The van der Waals surface area contributed by atoms with Gasteiger partial charge in [0.1, 0.15) is 5.82 Å². The number of halogens is 1. The van der Waals surface area contributed by atoms with Crippen LogP contribution in [-0.4, -0.2) is 25.8 Å². The summed E-state index contributed by atoms with van der Waals surface area (Å²) < 4.78 is 18.6. The number of rotatable bonds is 8. The molecule has 0 atom stereocenters. The van der Waals surface area contributed by atoms with Crippen LogP contribution in [0.25, 0.3) is 0 Å². The van der Waals surface area contributed by atoms with Gasteiger partial charge in [0.05, 0.1) is 5.69 Å². The number of carbonyl (C=O) groups is 1. The van der Waals surface area contributed by atoms with E-state index in [-0.39, 0.29) is 5.69 Å².